The number of anilines is 1. The lowest BCUT2D eigenvalue weighted by Gasteiger charge is -2.30. The van der Waals surface area contributed by atoms with Crippen molar-refractivity contribution in [3.8, 4) is 0 Å². The normalized spacial score (nSPS) is 17.0. The van der Waals surface area contributed by atoms with Gasteiger partial charge in [0.05, 0.1) is 5.56 Å². The molecule has 1 aromatic heterocycles. The molecule has 0 spiro atoms. The van der Waals surface area contributed by atoms with Crippen molar-refractivity contribution in [2.45, 2.75) is 32.4 Å². The Balaban J connectivity index is 2.06. The third-order valence-corrected chi connectivity index (χ3v) is 3.83. The first-order chi connectivity index (χ1) is 10.0. The zero-order chi connectivity index (χ0) is 15.3. The van der Waals surface area contributed by atoms with Gasteiger partial charge in [0.2, 0.25) is 0 Å². The molecule has 118 valence electrons. The standard InChI is InChI=1S/C15H22F3N3/c1-2-9-21(11-12-5-7-19-8-6-12)14-4-3-13(10-20-14)15(16,17)18/h3-4,10,12,19H,2,5-9,11H2,1H3. The van der Waals surface area contributed by atoms with Crippen molar-refractivity contribution >= 4 is 5.82 Å². The molecule has 0 radical (unpaired) electrons. The number of nitrogens with zero attached hydrogens (tertiary/aromatic N) is 2. The van der Waals surface area contributed by atoms with Gasteiger partial charge in [-0.05, 0) is 50.4 Å². The zero-order valence-corrected chi connectivity index (χ0v) is 12.3. The maximum absolute atomic E-state index is 12.6. The predicted molar refractivity (Wildman–Crippen MR) is 77.3 cm³/mol. The fourth-order valence-electron chi connectivity index (χ4n) is 2.69. The van der Waals surface area contributed by atoms with Gasteiger partial charge in [0.15, 0.2) is 0 Å². The quantitative estimate of drug-likeness (QED) is 0.904. The molecule has 1 aromatic rings. The molecule has 1 aliphatic heterocycles. The Labute approximate surface area is 123 Å². The largest absolute Gasteiger partial charge is 0.417 e. The highest BCUT2D eigenvalue weighted by molar-refractivity contribution is 5.39. The van der Waals surface area contributed by atoms with Crippen LogP contribution in [0.3, 0.4) is 0 Å². The first-order valence-corrected chi connectivity index (χ1v) is 7.49. The summed E-state index contributed by atoms with van der Waals surface area (Å²) in [5.74, 6) is 1.23. The minimum absolute atomic E-state index is 0.585. The maximum atomic E-state index is 12.6. The number of nitrogens with one attached hydrogen (secondary N) is 1. The summed E-state index contributed by atoms with van der Waals surface area (Å²) in [6.45, 7) is 5.80. The van der Waals surface area contributed by atoms with E-state index >= 15 is 0 Å². The van der Waals surface area contributed by atoms with Crippen molar-refractivity contribution in [3.05, 3.63) is 23.9 Å². The van der Waals surface area contributed by atoms with Gasteiger partial charge in [-0.3, -0.25) is 0 Å². The Morgan fingerprint density at radius 1 is 1.29 bits per heavy atom. The SMILES string of the molecule is CCCN(CC1CCNCC1)c1ccc(C(F)(F)F)cn1. The van der Waals surface area contributed by atoms with E-state index in [2.05, 4.69) is 22.1 Å². The van der Waals surface area contributed by atoms with Crippen LogP contribution in [0.2, 0.25) is 0 Å². The summed E-state index contributed by atoms with van der Waals surface area (Å²) in [6, 6.07) is 2.60. The molecule has 1 saturated heterocycles. The highest BCUT2D eigenvalue weighted by atomic mass is 19.4. The summed E-state index contributed by atoms with van der Waals surface area (Å²) >= 11 is 0. The molecule has 0 atom stereocenters. The van der Waals surface area contributed by atoms with Gasteiger partial charge < -0.3 is 10.2 Å². The van der Waals surface area contributed by atoms with Crippen molar-refractivity contribution in [3.63, 3.8) is 0 Å². The number of hydrogen-bond acceptors (Lipinski definition) is 3. The average Bonchev–Trinajstić information content (AvgIpc) is 2.47. The van der Waals surface area contributed by atoms with Gasteiger partial charge >= 0.3 is 6.18 Å². The second-order valence-electron chi connectivity index (χ2n) is 5.54. The Hall–Kier alpha value is -1.30. The summed E-state index contributed by atoms with van der Waals surface area (Å²) < 4.78 is 37.7. The number of pyridine rings is 1. The Morgan fingerprint density at radius 2 is 2.00 bits per heavy atom. The molecule has 0 aliphatic carbocycles. The summed E-state index contributed by atoms with van der Waals surface area (Å²) in [7, 11) is 0. The van der Waals surface area contributed by atoms with Gasteiger partial charge in [-0.15, -0.1) is 0 Å². The second kappa shape index (κ2) is 7.11. The monoisotopic (exact) mass is 301 g/mol. The maximum Gasteiger partial charge on any atom is 0.417 e. The lowest BCUT2D eigenvalue weighted by molar-refractivity contribution is -0.137. The molecule has 2 heterocycles. The molecule has 2 rings (SSSR count). The van der Waals surface area contributed by atoms with Crippen molar-refractivity contribution in [1.29, 1.82) is 0 Å². The van der Waals surface area contributed by atoms with Crippen LogP contribution in [0.1, 0.15) is 31.7 Å². The first kappa shape index (κ1) is 16.1. The van der Waals surface area contributed by atoms with Crippen molar-refractivity contribution in [1.82, 2.24) is 10.3 Å². The second-order valence-corrected chi connectivity index (χ2v) is 5.54. The number of halogens is 3. The highest BCUT2D eigenvalue weighted by Gasteiger charge is 2.31. The first-order valence-electron chi connectivity index (χ1n) is 7.49. The highest BCUT2D eigenvalue weighted by Crippen LogP contribution is 2.29. The molecule has 3 nitrogen and oxygen atoms in total. The fourth-order valence-corrected chi connectivity index (χ4v) is 2.69. The van der Waals surface area contributed by atoms with Crippen LogP contribution < -0.4 is 10.2 Å². The summed E-state index contributed by atoms with van der Waals surface area (Å²) in [5.41, 5.74) is -0.690. The molecular weight excluding hydrogens is 279 g/mol. The lowest BCUT2D eigenvalue weighted by atomic mass is 9.97. The smallest absolute Gasteiger partial charge is 0.356 e. The van der Waals surface area contributed by atoms with E-state index < -0.39 is 11.7 Å². The Morgan fingerprint density at radius 3 is 2.52 bits per heavy atom. The van der Waals surface area contributed by atoms with E-state index in [0.717, 1.165) is 57.7 Å². The predicted octanol–water partition coefficient (Wildman–Crippen LogP) is 3.32. The zero-order valence-electron chi connectivity index (χ0n) is 12.3. The summed E-state index contributed by atoms with van der Waals surface area (Å²) in [4.78, 5) is 6.13. The molecule has 0 aromatic carbocycles. The van der Waals surface area contributed by atoms with Gasteiger partial charge in [0, 0.05) is 19.3 Å². The van der Waals surface area contributed by atoms with E-state index in [-0.39, 0.29) is 0 Å². The topological polar surface area (TPSA) is 28.2 Å². The number of alkyl halides is 3. The third kappa shape index (κ3) is 4.59. The molecule has 6 heteroatoms. The molecule has 0 saturated carbocycles. The van der Waals surface area contributed by atoms with Crippen LogP contribution in [0.25, 0.3) is 0 Å². The van der Waals surface area contributed by atoms with E-state index in [4.69, 9.17) is 0 Å². The van der Waals surface area contributed by atoms with E-state index in [1.54, 1.807) is 0 Å². The molecule has 0 bridgehead atoms. The van der Waals surface area contributed by atoms with Gasteiger partial charge in [-0.25, -0.2) is 4.98 Å². The van der Waals surface area contributed by atoms with Gasteiger partial charge in [0.25, 0.3) is 0 Å². The van der Waals surface area contributed by atoms with Gasteiger partial charge in [0.1, 0.15) is 5.82 Å². The average molecular weight is 301 g/mol. The van der Waals surface area contributed by atoms with Crippen LogP contribution in [0.15, 0.2) is 18.3 Å². The summed E-state index contributed by atoms with van der Waals surface area (Å²) in [5, 5.41) is 3.32. The minimum atomic E-state index is -4.32. The van der Waals surface area contributed by atoms with Crippen LogP contribution in [0, 0.1) is 5.92 Å². The van der Waals surface area contributed by atoms with E-state index in [1.807, 2.05) is 0 Å². The number of hydrogen-bond donors (Lipinski definition) is 1. The van der Waals surface area contributed by atoms with Crippen molar-refractivity contribution in [2.24, 2.45) is 5.92 Å². The number of rotatable bonds is 5. The van der Waals surface area contributed by atoms with Crippen LogP contribution in [0.4, 0.5) is 19.0 Å². The van der Waals surface area contributed by atoms with Crippen LogP contribution >= 0.6 is 0 Å². The molecule has 0 amide bonds. The molecule has 0 unspecified atom stereocenters. The molecule has 1 fully saturated rings. The van der Waals surface area contributed by atoms with Crippen molar-refractivity contribution < 1.29 is 13.2 Å². The van der Waals surface area contributed by atoms with Crippen LogP contribution in [-0.4, -0.2) is 31.2 Å². The Bertz CT molecular complexity index is 425. The van der Waals surface area contributed by atoms with Crippen molar-refractivity contribution in [2.75, 3.05) is 31.1 Å². The van der Waals surface area contributed by atoms with E-state index in [9.17, 15) is 13.2 Å². The third-order valence-electron chi connectivity index (χ3n) is 3.83. The number of piperidine rings is 1. The fraction of sp³-hybridized carbons (Fsp3) is 0.667. The van der Waals surface area contributed by atoms with E-state index in [1.165, 1.54) is 6.07 Å². The van der Waals surface area contributed by atoms with Crippen LogP contribution in [-0.2, 0) is 6.18 Å². The Kier molecular flexibility index (Phi) is 5.45. The molecular formula is C15H22F3N3. The lowest BCUT2D eigenvalue weighted by Crippen LogP contribution is -2.37. The van der Waals surface area contributed by atoms with Gasteiger partial charge in [-0.2, -0.15) is 13.2 Å². The molecule has 1 N–H and O–H groups in total. The minimum Gasteiger partial charge on any atom is -0.356 e. The number of aromatic nitrogens is 1. The molecule has 1 aliphatic rings. The van der Waals surface area contributed by atoms with Gasteiger partial charge in [-0.1, -0.05) is 6.92 Å². The summed E-state index contributed by atoms with van der Waals surface area (Å²) in [6.07, 6.45) is -0.216. The van der Waals surface area contributed by atoms with E-state index in [0.29, 0.717) is 11.7 Å². The molecule has 21 heavy (non-hydrogen) atoms. The van der Waals surface area contributed by atoms with Crippen LogP contribution in [0.5, 0.6) is 0 Å².